The molecule has 130 valence electrons. The average Bonchev–Trinajstić information content (AvgIpc) is 2.95. The highest BCUT2D eigenvalue weighted by molar-refractivity contribution is 7.87. The summed E-state index contributed by atoms with van der Waals surface area (Å²) in [5, 5.41) is 4.95. The van der Waals surface area contributed by atoms with E-state index in [1.54, 1.807) is 17.0 Å². The number of rotatable bonds is 4. The van der Waals surface area contributed by atoms with Gasteiger partial charge in [-0.25, -0.2) is 14.8 Å². The molecule has 9 heteroatoms. The zero-order chi connectivity index (χ0) is 17.3. The van der Waals surface area contributed by atoms with Crippen LogP contribution in [-0.4, -0.2) is 43.8 Å². The van der Waals surface area contributed by atoms with Gasteiger partial charge in [-0.15, -0.1) is 0 Å². The highest BCUT2D eigenvalue weighted by Gasteiger charge is 2.27. The molecule has 8 nitrogen and oxygen atoms in total. The van der Waals surface area contributed by atoms with E-state index in [1.807, 2.05) is 13.0 Å². The van der Waals surface area contributed by atoms with Crippen LogP contribution < -0.4 is 9.86 Å². The summed E-state index contributed by atoms with van der Waals surface area (Å²) in [6, 6.07) is 5.27. The van der Waals surface area contributed by atoms with Gasteiger partial charge in [0.15, 0.2) is 11.3 Å². The van der Waals surface area contributed by atoms with Gasteiger partial charge in [0.2, 0.25) is 0 Å². The third-order valence-electron chi connectivity index (χ3n) is 4.10. The molecule has 0 aromatic carbocycles. The van der Waals surface area contributed by atoms with Gasteiger partial charge in [-0.2, -0.15) is 8.42 Å². The number of pyridine rings is 1. The minimum atomic E-state index is -3.72. The zero-order valence-corrected chi connectivity index (χ0v) is 14.2. The van der Waals surface area contributed by atoms with Crippen LogP contribution in [0.1, 0.15) is 29.1 Å². The van der Waals surface area contributed by atoms with Crippen molar-refractivity contribution in [3.8, 4) is 0 Å². The van der Waals surface area contributed by atoms with Crippen molar-refractivity contribution in [3.05, 3.63) is 29.7 Å². The fraction of sp³-hybridized carbons (Fsp3) is 0.467. The van der Waals surface area contributed by atoms with Crippen molar-refractivity contribution in [2.45, 2.75) is 19.8 Å². The fourth-order valence-electron chi connectivity index (χ4n) is 2.94. The van der Waals surface area contributed by atoms with Crippen LogP contribution in [0, 0.1) is 12.8 Å². The predicted octanol–water partition coefficient (Wildman–Crippen LogP) is 0.782. The first-order valence-electron chi connectivity index (χ1n) is 7.76. The van der Waals surface area contributed by atoms with E-state index in [0.717, 1.165) is 18.5 Å². The summed E-state index contributed by atoms with van der Waals surface area (Å²) >= 11 is 0. The number of nitrogens with one attached hydrogen (secondary N) is 1. The highest BCUT2D eigenvalue weighted by Crippen LogP contribution is 2.22. The zero-order valence-electron chi connectivity index (χ0n) is 13.4. The standard InChI is InChI=1S/C15H20N4O4S/c1-10-4-5-13-12(18-10)7-14(23-13)15(20)19-6-2-3-11(9-19)8-17-24(16,21)22/h4-5,7,11,17H,2-3,6,8-9H2,1H3,(H2,16,21,22). The van der Waals surface area contributed by atoms with Crippen molar-refractivity contribution in [2.75, 3.05) is 19.6 Å². The van der Waals surface area contributed by atoms with Crippen LogP contribution in [0.5, 0.6) is 0 Å². The second-order valence-electron chi connectivity index (χ2n) is 6.10. The van der Waals surface area contributed by atoms with Gasteiger partial charge >= 0.3 is 0 Å². The van der Waals surface area contributed by atoms with Crippen LogP contribution >= 0.6 is 0 Å². The molecule has 0 spiro atoms. The third kappa shape index (κ3) is 3.92. The Morgan fingerprint density at radius 1 is 1.50 bits per heavy atom. The predicted molar refractivity (Wildman–Crippen MR) is 88.5 cm³/mol. The van der Waals surface area contributed by atoms with Crippen molar-refractivity contribution in [1.82, 2.24) is 14.6 Å². The molecule has 1 aliphatic heterocycles. The van der Waals surface area contributed by atoms with E-state index in [0.29, 0.717) is 24.2 Å². The first-order chi connectivity index (χ1) is 11.3. The lowest BCUT2D eigenvalue weighted by Gasteiger charge is -2.32. The van der Waals surface area contributed by atoms with Crippen molar-refractivity contribution in [3.63, 3.8) is 0 Å². The molecule has 2 aromatic heterocycles. The fourth-order valence-corrected chi connectivity index (χ4v) is 3.41. The van der Waals surface area contributed by atoms with E-state index in [1.165, 1.54) is 0 Å². The SMILES string of the molecule is Cc1ccc2oc(C(=O)N3CCCC(CNS(N)(=O)=O)C3)cc2n1. The largest absolute Gasteiger partial charge is 0.449 e. The second kappa shape index (κ2) is 6.50. The number of hydrogen-bond acceptors (Lipinski definition) is 5. The lowest BCUT2D eigenvalue weighted by Crippen LogP contribution is -2.44. The molecule has 0 radical (unpaired) electrons. The van der Waals surface area contributed by atoms with Gasteiger partial charge in [-0.05, 0) is 37.8 Å². The Labute approximate surface area is 140 Å². The minimum Gasteiger partial charge on any atom is -0.449 e. The number of carbonyl (C=O) groups is 1. The summed E-state index contributed by atoms with van der Waals surface area (Å²) in [6.07, 6.45) is 1.65. The summed E-state index contributed by atoms with van der Waals surface area (Å²) in [7, 11) is -3.72. The van der Waals surface area contributed by atoms with E-state index in [2.05, 4.69) is 9.71 Å². The molecule has 2 aromatic rings. The minimum absolute atomic E-state index is 0.0331. The van der Waals surface area contributed by atoms with Crippen LogP contribution in [0.2, 0.25) is 0 Å². The molecule has 1 aliphatic rings. The summed E-state index contributed by atoms with van der Waals surface area (Å²) in [4.78, 5) is 18.7. The monoisotopic (exact) mass is 352 g/mol. The van der Waals surface area contributed by atoms with Gasteiger partial charge in [0.25, 0.3) is 16.1 Å². The number of carbonyl (C=O) groups excluding carboxylic acids is 1. The molecule has 0 saturated carbocycles. The van der Waals surface area contributed by atoms with Crippen LogP contribution in [0.4, 0.5) is 0 Å². The van der Waals surface area contributed by atoms with E-state index in [-0.39, 0.29) is 24.1 Å². The molecule has 3 rings (SSSR count). The normalized spacial score (nSPS) is 18.9. The topological polar surface area (TPSA) is 119 Å². The molecule has 0 aliphatic carbocycles. The summed E-state index contributed by atoms with van der Waals surface area (Å²) in [5.41, 5.74) is 2.09. The van der Waals surface area contributed by atoms with E-state index >= 15 is 0 Å². The lowest BCUT2D eigenvalue weighted by atomic mass is 9.98. The molecule has 0 bridgehead atoms. The molecule has 1 unspecified atom stereocenters. The number of nitrogens with two attached hydrogens (primary N) is 1. The number of amides is 1. The maximum Gasteiger partial charge on any atom is 0.289 e. The Morgan fingerprint density at radius 2 is 2.29 bits per heavy atom. The number of piperidine rings is 1. The molecule has 24 heavy (non-hydrogen) atoms. The van der Waals surface area contributed by atoms with E-state index in [4.69, 9.17) is 9.56 Å². The molecule has 3 N–H and O–H groups in total. The van der Waals surface area contributed by atoms with Gasteiger partial charge < -0.3 is 9.32 Å². The van der Waals surface area contributed by atoms with Gasteiger partial charge in [0, 0.05) is 31.4 Å². The van der Waals surface area contributed by atoms with Gasteiger partial charge in [0.1, 0.15) is 5.52 Å². The summed E-state index contributed by atoms with van der Waals surface area (Å²) in [6.45, 7) is 3.18. The van der Waals surface area contributed by atoms with Crippen molar-refractivity contribution in [1.29, 1.82) is 0 Å². The molecule has 1 fully saturated rings. The molecule has 1 saturated heterocycles. The van der Waals surface area contributed by atoms with Crippen molar-refractivity contribution >= 4 is 27.2 Å². The van der Waals surface area contributed by atoms with Gasteiger partial charge in [0.05, 0.1) is 0 Å². The molecular formula is C15H20N4O4S. The average molecular weight is 352 g/mol. The number of nitrogens with zero attached hydrogens (tertiary/aromatic N) is 2. The number of aryl methyl sites for hydroxylation is 1. The number of fused-ring (bicyclic) bond motifs is 1. The molecule has 1 amide bonds. The van der Waals surface area contributed by atoms with Crippen molar-refractivity contribution < 1.29 is 17.6 Å². The highest BCUT2D eigenvalue weighted by atomic mass is 32.2. The Hall–Kier alpha value is -1.97. The Morgan fingerprint density at radius 3 is 3.04 bits per heavy atom. The van der Waals surface area contributed by atoms with Crippen molar-refractivity contribution in [2.24, 2.45) is 11.1 Å². The lowest BCUT2D eigenvalue weighted by molar-refractivity contribution is 0.0646. The van der Waals surface area contributed by atoms with Crippen LogP contribution in [0.3, 0.4) is 0 Å². The summed E-state index contributed by atoms with van der Waals surface area (Å²) < 4.78 is 29.9. The maximum atomic E-state index is 12.6. The number of likely N-dealkylation sites (tertiary alicyclic amines) is 1. The Balaban J connectivity index is 1.71. The first-order valence-corrected chi connectivity index (χ1v) is 9.30. The summed E-state index contributed by atoms with van der Waals surface area (Å²) in [5.74, 6) is 0.0832. The van der Waals surface area contributed by atoms with Crippen LogP contribution in [0.25, 0.3) is 11.1 Å². The number of hydrogen-bond donors (Lipinski definition) is 2. The molecule has 3 heterocycles. The second-order valence-corrected chi connectivity index (χ2v) is 7.48. The van der Waals surface area contributed by atoms with Crippen LogP contribution in [0.15, 0.2) is 22.6 Å². The Kier molecular flexibility index (Phi) is 4.57. The Bertz CT molecular complexity index is 861. The first kappa shape index (κ1) is 16.9. The quantitative estimate of drug-likeness (QED) is 0.843. The molecular weight excluding hydrogens is 332 g/mol. The number of aromatic nitrogens is 1. The van der Waals surface area contributed by atoms with Gasteiger partial charge in [-0.3, -0.25) is 4.79 Å². The van der Waals surface area contributed by atoms with Crippen LogP contribution in [-0.2, 0) is 10.2 Å². The van der Waals surface area contributed by atoms with E-state index in [9.17, 15) is 13.2 Å². The van der Waals surface area contributed by atoms with E-state index < -0.39 is 10.2 Å². The van der Waals surface area contributed by atoms with Gasteiger partial charge in [-0.1, -0.05) is 0 Å². The maximum absolute atomic E-state index is 12.6. The smallest absolute Gasteiger partial charge is 0.289 e. The number of furan rings is 1. The molecule has 1 atom stereocenters. The third-order valence-corrected chi connectivity index (χ3v) is 4.67.